The summed E-state index contributed by atoms with van der Waals surface area (Å²) in [5.74, 6) is 2.76. The van der Waals surface area contributed by atoms with Gasteiger partial charge in [0.2, 0.25) is 5.91 Å². The minimum absolute atomic E-state index is 0.150. The van der Waals surface area contributed by atoms with E-state index < -0.39 is 0 Å². The van der Waals surface area contributed by atoms with Crippen molar-refractivity contribution in [1.82, 2.24) is 4.90 Å². The maximum atomic E-state index is 12.0. The van der Waals surface area contributed by atoms with Crippen LogP contribution >= 0.6 is 11.8 Å². The van der Waals surface area contributed by atoms with E-state index in [1.165, 1.54) is 5.75 Å². The summed E-state index contributed by atoms with van der Waals surface area (Å²) in [6, 6.07) is 0. The Morgan fingerprint density at radius 2 is 2.27 bits per heavy atom. The van der Waals surface area contributed by atoms with Gasteiger partial charge in [0.05, 0.1) is 0 Å². The molecule has 0 aromatic rings. The van der Waals surface area contributed by atoms with E-state index in [-0.39, 0.29) is 5.92 Å². The van der Waals surface area contributed by atoms with Gasteiger partial charge < -0.3 is 10.6 Å². The molecule has 15 heavy (non-hydrogen) atoms. The zero-order valence-corrected chi connectivity index (χ0v) is 10.4. The summed E-state index contributed by atoms with van der Waals surface area (Å²) in [6.45, 7) is 4.58. The lowest BCUT2D eigenvalue weighted by Gasteiger charge is -2.23. The van der Waals surface area contributed by atoms with E-state index in [1.807, 2.05) is 23.6 Å². The van der Waals surface area contributed by atoms with Gasteiger partial charge in [-0.25, -0.2) is 0 Å². The summed E-state index contributed by atoms with van der Waals surface area (Å²) < 4.78 is 0. The van der Waals surface area contributed by atoms with Crippen LogP contribution in [0.5, 0.6) is 0 Å². The molecule has 0 radical (unpaired) electrons. The molecule has 1 saturated heterocycles. The highest BCUT2D eigenvalue weighted by Crippen LogP contribution is 2.14. The Labute approximate surface area is 96.8 Å². The van der Waals surface area contributed by atoms with Crippen LogP contribution in [0.1, 0.15) is 26.2 Å². The molecule has 88 valence electrons. The van der Waals surface area contributed by atoms with Crippen LogP contribution < -0.4 is 5.73 Å². The van der Waals surface area contributed by atoms with E-state index >= 15 is 0 Å². The average Bonchev–Trinajstić information content (AvgIpc) is 2.53. The third-order valence-electron chi connectivity index (χ3n) is 2.80. The smallest absolute Gasteiger partial charge is 0.225 e. The molecule has 0 spiro atoms. The van der Waals surface area contributed by atoms with Gasteiger partial charge in [0.15, 0.2) is 0 Å². The third-order valence-corrected chi connectivity index (χ3v) is 3.85. The Morgan fingerprint density at radius 1 is 1.47 bits per heavy atom. The van der Waals surface area contributed by atoms with Crippen LogP contribution in [0.2, 0.25) is 0 Å². The molecule has 0 aromatic heterocycles. The molecule has 1 rings (SSSR count). The minimum atomic E-state index is 0.150. The number of nitrogens with zero attached hydrogens (tertiary/aromatic N) is 1. The second kappa shape index (κ2) is 7.12. The summed E-state index contributed by atoms with van der Waals surface area (Å²) in [7, 11) is 0. The van der Waals surface area contributed by atoms with Crippen molar-refractivity contribution in [3.8, 4) is 0 Å². The Bertz CT molecular complexity index is 191. The molecular weight excluding hydrogens is 208 g/mol. The lowest BCUT2D eigenvalue weighted by Crippen LogP contribution is -2.36. The minimum Gasteiger partial charge on any atom is -0.342 e. The molecular formula is C11H22N2OS. The van der Waals surface area contributed by atoms with Gasteiger partial charge in [-0.1, -0.05) is 6.92 Å². The highest BCUT2D eigenvalue weighted by molar-refractivity contribution is 7.99. The first kappa shape index (κ1) is 12.8. The van der Waals surface area contributed by atoms with E-state index in [0.29, 0.717) is 12.5 Å². The molecule has 1 aliphatic heterocycles. The van der Waals surface area contributed by atoms with E-state index in [0.717, 1.165) is 38.1 Å². The number of carbonyl (C=O) groups excluding carboxylic acids is 1. The van der Waals surface area contributed by atoms with Crippen molar-refractivity contribution in [3.05, 3.63) is 0 Å². The molecule has 4 heteroatoms. The Kier molecular flexibility index (Phi) is 6.10. The van der Waals surface area contributed by atoms with E-state index in [4.69, 9.17) is 5.73 Å². The highest BCUT2D eigenvalue weighted by Gasteiger charge is 2.20. The lowest BCUT2D eigenvalue weighted by atomic mass is 10.0. The van der Waals surface area contributed by atoms with Gasteiger partial charge in [0.1, 0.15) is 0 Å². The lowest BCUT2D eigenvalue weighted by molar-refractivity contribution is -0.134. The number of thioether (sulfide) groups is 1. The fourth-order valence-electron chi connectivity index (χ4n) is 1.83. The van der Waals surface area contributed by atoms with E-state index in [9.17, 15) is 4.79 Å². The van der Waals surface area contributed by atoms with Crippen molar-refractivity contribution >= 4 is 17.7 Å². The van der Waals surface area contributed by atoms with Crippen molar-refractivity contribution in [1.29, 1.82) is 0 Å². The number of hydrogen-bond acceptors (Lipinski definition) is 3. The molecule has 1 atom stereocenters. The number of rotatable bonds is 4. The van der Waals surface area contributed by atoms with Crippen molar-refractivity contribution in [3.63, 3.8) is 0 Å². The zero-order valence-electron chi connectivity index (χ0n) is 9.58. The normalized spacial score (nSPS) is 19.7. The Balaban J connectivity index is 2.35. The number of hydrogen-bond donors (Lipinski definition) is 1. The number of nitrogens with two attached hydrogens (primary N) is 1. The fraction of sp³-hybridized carbons (Fsp3) is 0.909. The Hall–Kier alpha value is -0.220. The topological polar surface area (TPSA) is 46.3 Å². The average molecular weight is 230 g/mol. The summed E-state index contributed by atoms with van der Waals surface area (Å²) in [6.07, 6.45) is 3.02. The van der Waals surface area contributed by atoms with E-state index in [2.05, 4.69) is 0 Å². The summed E-state index contributed by atoms with van der Waals surface area (Å²) >= 11 is 1.95. The van der Waals surface area contributed by atoms with Gasteiger partial charge >= 0.3 is 0 Å². The first-order valence-corrected chi connectivity index (χ1v) is 6.97. The molecule has 1 heterocycles. The molecule has 1 fully saturated rings. The van der Waals surface area contributed by atoms with Crippen LogP contribution in [-0.2, 0) is 4.79 Å². The molecule has 0 aromatic carbocycles. The number of amides is 1. The van der Waals surface area contributed by atoms with Crippen molar-refractivity contribution < 1.29 is 4.79 Å². The maximum Gasteiger partial charge on any atom is 0.225 e. The van der Waals surface area contributed by atoms with Gasteiger partial charge in [0.25, 0.3) is 0 Å². The zero-order chi connectivity index (χ0) is 11.1. The molecule has 0 aliphatic carbocycles. The molecule has 2 N–H and O–H groups in total. The molecule has 0 bridgehead atoms. The van der Waals surface area contributed by atoms with Gasteiger partial charge in [-0.15, -0.1) is 0 Å². The van der Waals surface area contributed by atoms with Gasteiger partial charge in [-0.2, -0.15) is 11.8 Å². The monoisotopic (exact) mass is 230 g/mol. The maximum absolute atomic E-state index is 12.0. The third kappa shape index (κ3) is 4.43. The van der Waals surface area contributed by atoms with Crippen molar-refractivity contribution in [2.45, 2.75) is 26.2 Å². The van der Waals surface area contributed by atoms with Gasteiger partial charge in [-0.3, -0.25) is 4.79 Å². The van der Waals surface area contributed by atoms with Crippen LogP contribution in [0.3, 0.4) is 0 Å². The molecule has 1 unspecified atom stereocenters. The molecule has 1 aliphatic rings. The van der Waals surface area contributed by atoms with Crippen molar-refractivity contribution in [2.24, 2.45) is 11.7 Å². The predicted molar refractivity (Wildman–Crippen MR) is 66.0 cm³/mol. The number of carbonyl (C=O) groups is 1. The van der Waals surface area contributed by atoms with E-state index in [1.54, 1.807) is 0 Å². The standard InChI is InChI=1S/C11H22N2OS/c1-10(4-2-5-12)11(14)13-6-3-8-15-9-7-13/h10H,2-9,12H2,1H3. The summed E-state index contributed by atoms with van der Waals surface area (Å²) in [5, 5.41) is 0. The van der Waals surface area contributed by atoms with Crippen LogP contribution in [0.25, 0.3) is 0 Å². The predicted octanol–water partition coefficient (Wildman–Crippen LogP) is 1.33. The van der Waals surface area contributed by atoms with Gasteiger partial charge in [-0.05, 0) is 31.6 Å². The highest BCUT2D eigenvalue weighted by atomic mass is 32.2. The molecule has 3 nitrogen and oxygen atoms in total. The first-order chi connectivity index (χ1) is 7.25. The second-order valence-electron chi connectivity index (χ2n) is 4.12. The fourth-order valence-corrected chi connectivity index (χ4v) is 2.71. The molecule has 0 saturated carbocycles. The Morgan fingerprint density at radius 3 is 3.00 bits per heavy atom. The van der Waals surface area contributed by atoms with Crippen LogP contribution in [0, 0.1) is 5.92 Å². The largest absolute Gasteiger partial charge is 0.342 e. The molecule has 1 amide bonds. The van der Waals surface area contributed by atoms with Crippen LogP contribution in [-0.4, -0.2) is 41.9 Å². The quantitative estimate of drug-likeness (QED) is 0.792. The first-order valence-electron chi connectivity index (χ1n) is 5.82. The van der Waals surface area contributed by atoms with Gasteiger partial charge in [0, 0.05) is 24.8 Å². The SMILES string of the molecule is CC(CCCN)C(=O)N1CCCSCC1. The van der Waals surface area contributed by atoms with Crippen LogP contribution in [0.4, 0.5) is 0 Å². The summed E-state index contributed by atoms with van der Waals surface area (Å²) in [4.78, 5) is 14.1. The second-order valence-corrected chi connectivity index (χ2v) is 5.35. The summed E-state index contributed by atoms with van der Waals surface area (Å²) in [5.41, 5.74) is 5.45. The van der Waals surface area contributed by atoms with Crippen LogP contribution in [0.15, 0.2) is 0 Å². The van der Waals surface area contributed by atoms with Crippen molar-refractivity contribution in [2.75, 3.05) is 31.1 Å².